The molecule has 6 nitrogen and oxygen atoms in total. The largest absolute Gasteiger partial charge is 0.480 e. The van der Waals surface area contributed by atoms with Crippen molar-refractivity contribution in [1.29, 1.82) is 0 Å². The van der Waals surface area contributed by atoms with Gasteiger partial charge >= 0.3 is 5.97 Å². The third-order valence-electron chi connectivity index (χ3n) is 2.28. The Morgan fingerprint density at radius 1 is 1.69 bits per heavy atom. The predicted octanol–water partition coefficient (Wildman–Crippen LogP) is 0.583. The number of carbonyl (C=O) groups excluding carboxylic acids is 1. The molecule has 2 rings (SSSR count). The average molecular weight is 242 g/mol. The van der Waals surface area contributed by atoms with Crippen molar-refractivity contribution < 1.29 is 19.2 Å². The third kappa shape index (κ3) is 1.90. The van der Waals surface area contributed by atoms with Gasteiger partial charge in [0, 0.05) is 11.8 Å². The van der Waals surface area contributed by atoms with Gasteiger partial charge < -0.3 is 14.5 Å². The topological polar surface area (TPSA) is 83.6 Å². The molecule has 0 unspecified atom stereocenters. The summed E-state index contributed by atoms with van der Waals surface area (Å²) < 4.78 is 4.79. The second-order valence-electron chi connectivity index (χ2n) is 3.45. The normalized spacial score (nSPS) is 20.1. The lowest BCUT2D eigenvalue weighted by Gasteiger charge is -2.18. The summed E-state index contributed by atoms with van der Waals surface area (Å²) in [6.45, 7) is 1.68. The molecule has 0 aliphatic carbocycles. The summed E-state index contributed by atoms with van der Waals surface area (Å²) in [7, 11) is 0. The van der Waals surface area contributed by atoms with Crippen LogP contribution in [0.4, 0.5) is 0 Å². The van der Waals surface area contributed by atoms with Crippen molar-refractivity contribution >= 4 is 23.6 Å². The summed E-state index contributed by atoms with van der Waals surface area (Å²) >= 11 is 1.41. The zero-order valence-corrected chi connectivity index (χ0v) is 9.36. The number of carboxylic acids is 1. The van der Waals surface area contributed by atoms with E-state index in [1.807, 2.05) is 0 Å². The first-order chi connectivity index (χ1) is 7.59. The van der Waals surface area contributed by atoms with Crippen LogP contribution in [0.5, 0.6) is 0 Å². The Kier molecular flexibility index (Phi) is 2.86. The van der Waals surface area contributed by atoms with Crippen molar-refractivity contribution in [3.8, 4) is 0 Å². The molecular formula is C9H10N2O4S. The minimum atomic E-state index is -0.987. The Morgan fingerprint density at radius 2 is 2.44 bits per heavy atom. The van der Waals surface area contributed by atoms with Crippen molar-refractivity contribution in [3.63, 3.8) is 0 Å². The van der Waals surface area contributed by atoms with E-state index in [0.717, 1.165) is 0 Å². The van der Waals surface area contributed by atoms with Crippen LogP contribution < -0.4 is 0 Å². The van der Waals surface area contributed by atoms with E-state index in [0.29, 0.717) is 17.4 Å². The number of hydrogen-bond donors (Lipinski definition) is 1. The fourth-order valence-corrected chi connectivity index (χ4v) is 2.61. The lowest BCUT2D eigenvalue weighted by molar-refractivity contribution is -0.140. The molecule has 1 aliphatic heterocycles. The summed E-state index contributed by atoms with van der Waals surface area (Å²) in [6.07, 6.45) is 0. The number of hydrogen-bond acceptors (Lipinski definition) is 5. The van der Waals surface area contributed by atoms with E-state index in [2.05, 4.69) is 5.16 Å². The highest BCUT2D eigenvalue weighted by Gasteiger charge is 2.36. The van der Waals surface area contributed by atoms with Gasteiger partial charge in [-0.15, -0.1) is 11.8 Å². The monoisotopic (exact) mass is 242 g/mol. The molecule has 0 aromatic carbocycles. The number of aryl methyl sites for hydroxylation is 1. The van der Waals surface area contributed by atoms with Gasteiger partial charge in [0.1, 0.15) is 11.8 Å². The molecule has 7 heteroatoms. The SMILES string of the molecule is Cc1cc(C(=O)N2CSC[C@H]2C(=O)O)no1. The van der Waals surface area contributed by atoms with Gasteiger partial charge in [0.05, 0.1) is 5.88 Å². The number of thioether (sulfide) groups is 1. The summed E-state index contributed by atoms with van der Waals surface area (Å²) in [6, 6.07) is 0.735. The van der Waals surface area contributed by atoms with Gasteiger partial charge in [-0.1, -0.05) is 5.16 Å². The fraction of sp³-hybridized carbons (Fsp3) is 0.444. The van der Waals surface area contributed by atoms with Gasteiger partial charge in [-0.2, -0.15) is 0 Å². The number of aliphatic carboxylic acids is 1. The molecule has 1 saturated heterocycles. The summed E-state index contributed by atoms with van der Waals surface area (Å²) in [5.41, 5.74) is 0.159. The summed E-state index contributed by atoms with van der Waals surface area (Å²) in [5.74, 6) is -0.0607. The highest BCUT2D eigenvalue weighted by molar-refractivity contribution is 7.99. The molecule has 1 atom stereocenters. The fourth-order valence-electron chi connectivity index (χ4n) is 1.46. The van der Waals surface area contributed by atoms with E-state index in [1.165, 1.54) is 22.7 Å². The molecule has 0 spiro atoms. The molecule has 2 heterocycles. The first-order valence-corrected chi connectivity index (χ1v) is 5.80. The summed E-state index contributed by atoms with van der Waals surface area (Å²) in [5, 5.41) is 12.5. The Labute approximate surface area is 95.6 Å². The van der Waals surface area contributed by atoms with Crippen LogP contribution in [0, 0.1) is 6.92 Å². The number of aromatic nitrogens is 1. The average Bonchev–Trinajstić information content (AvgIpc) is 2.84. The Hall–Kier alpha value is -1.50. The van der Waals surface area contributed by atoms with Crippen LogP contribution in [-0.4, -0.2) is 44.7 Å². The van der Waals surface area contributed by atoms with Crippen LogP contribution in [-0.2, 0) is 4.79 Å². The van der Waals surface area contributed by atoms with E-state index in [1.54, 1.807) is 6.92 Å². The third-order valence-corrected chi connectivity index (χ3v) is 3.29. The van der Waals surface area contributed by atoms with Crippen LogP contribution in [0.25, 0.3) is 0 Å². The second kappa shape index (κ2) is 4.17. The van der Waals surface area contributed by atoms with Gasteiger partial charge in [-0.25, -0.2) is 4.79 Å². The van der Waals surface area contributed by atoms with Crippen molar-refractivity contribution in [2.75, 3.05) is 11.6 Å². The van der Waals surface area contributed by atoms with Gasteiger partial charge in [-0.05, 0) is 6.92 Å². The van der Waals surface area contributed by atoms with Gasteiger partial charge in [0.15, 0.2) is 5.69 Å². The van der Waals surface area contributed by atoms with Gasteiger partial charge in [0.25, 0.3) is 5.91 Å². The molecule has 1 amide bonds. The van der Waals surface area contributed by atoms with E-state index in [-0.39, 0.29) is 5.69 Å². The van der Waals surface area contributed by atoms with Crippen molar-refractivity contribution in [1.82, 2.24) is 10.1 Å². The lowest BCUT2D eigenvalue weighted by Crippen LogP contribution is -2.41. The quantitative estimate of drug-likeness (QED) is 0.816. The lowest BCUT2D eigenvalue weighted by atomic mass is 10.2. The second-order valence-corrected chi connectivity index (χ2v) is 4.45. The van der Waals surface area contributed by atoms with Crippen molar-refractivity contribution in [3.05, 3.63) is 17.5 Å². The van der Waals surface area contributed by atoms with E-state index in [4.69, 9.17) is 9.63 Å². The number of carbonyl (C=O) groups is 2. The molecule has 0 bridgehead atoms. The smallest absolute Gasteiger partial charge is 0.327 e. The highest BCUT2D eigenvalue weighted by atomic mass is 32.2. The van der Waals surface area contributed by atoms with Gasteiger partial charge in [-0.3, -0.25) is 4.79 Å². The number of nitrogens with zero attached hydrogens (tertiary/aromatic N) is 2. The molecule has 1 aromatic heterocycles. The molecule has 16 heavy (non-hydrogen) atoms. The number of carboxylic acid groups (broad SMARTS) is 1. The Bertz CT molecular complexity index is 431. The molecule has 0 radical (unpaired) electrons. The van der Waals surface area contributed by atoms with E-state index < -0.39 is 17.9 Å². The van der Waals surface area contributed by atoms with Crippen LogP contribution in [0.1, 0.15) is 16.2 Å². The molecule has 1 aromatic rings. The standard InChI is InChI=1S/C9H10N2O4S/c1-5-2-6(10-15-5)8(12)11-4-16-3-7(11)9(13)14/h2,7H,3-4H2,1H3,(H,13,14)/t7-/m0/s1. The van der Waals surface area contributed by atoms with Crippen LogP contribution in [0.2, 0.25) is 0 Å². The Balaban J connectivity index is 2.18. The van der Waals surface area contributed by atoms with Crippen LogP contribution in [0.15, 0.2) is 10.6 Å². The maximum Gasteiger partial charge on any atom is 0.327 e. The molecule has 0 saturated carbocycles. The van der Waals surface area contributed by atoms with E-state index >= 15 is 0 Å². The summed E-state index contributed by atoms with van der Waals surface area (Å²) in [4.78, 5) is 24.1. The minimum Gasteiger partial charge on any atom is -0.480 e. The molecule has 86 valence electrons. The number of rotatable bonds is 2. The van der Waals surface area contributed by atoms with Gasteiger partial charge in [0.2, 0.25) is 0 Å². The van der Waals surface area contributed by atoms with Crippen molar-refractivity contribution in [2.24, 2.45) is 0 Å². The zero-order valence-electron chi connectivity index (χ0n) is 8.54. The zero-order chi connectivity index (χ0) is 11.7. The van der Waals surface area contributed by atoms with Crippen molar-refractivity contribution in [2.45, 2.75) is 13.0 Å². The molecular weight excluding hydrogens is 232 g/mol. The highest BCUT2D eigenvalue weighted by Crippen LogP contribution is 2.23. The number of amides is 1. The first-order valence-electron chi connectivity index (χ1n) is 4.64. The molecule has 1 fully saturated rings. The minimum absolute atomic E-state index is 0.159. The first kappa shape index (κ1) is 11.0. The maximum atomic E-state index is 11.9. The predicted molar refractivity (Wildman–Crippen MR) is 56.2 cm³/mol. The van der Waals surface area contributed by atoms with Crippen LogP contribution >= 0.6 is 11.8 Å². The molecule has 1 aliphatic rings. The Morgan fingerprint density at radius 3 is 3.00 bits per heavy atom. The van der Waals surface area contributed by atoms with Crippen LogP contribution in [0.3, 0.4) is 0 Å². The van der Waals surface area contributed by atoms with E-state index in [9.17, 15) is 9.59 Å². The maximum absolute atomic E-state index is 11.9. The molecule has 1 N–H and O–H groups in total.